The smallest absolute Gasteiger partial charge is 0.123 e. The van der Waals surface area contributed by atoms with Gasteiger partial charge in [0.2, 0.25) is 0 Å². The minimum atomic E-state index is -0.746. The lowest BCUT2D eigenvalue weighted by Gasteiger charge is -2.08. The maximum atomic E-state index is 13.1. The van der Waals surface area contributed by atoms with Crippen LogP contribution < -0.4 is 0 Å². The van der Waals surface area contributed by atoms with E-state index in [1.807, 2.05) is 31.2 Å². The molecule has 4 rings (SSSR count). The Labute approximate surface area is 173 Å². The van der Waals surface area contributed by atoms with Gasteiger partial charge in [0, 0.05) is 15.6 Å². The predicted molar refractivity (Wildman–Crippen MR) is 110 cm³/mol. The summed E-state index contributed by atoms with van der Waals surface area (Å²) in [6, 6.07) is 14.0. The molecule has 0 amide bonds. The molecule has 1 atom stereocenters. The van der Waals surface area contributed by atoms with Gasteiger partial charge < -0.3 is 5.11 Å². The monoisotopic (exact) mass is 458 g/mol. The minimum absolute atomic E-state index is 0.261. The van der Waals surface area contributed by atoms with Gasteiger partial charge in [0.25, 0.3) is 0 Å². The van der Waals surface area contributed by atoms with Crippen molar-refractivity contribution in [3.05, 3.63) is 75.6 Å². The number of aliphatic hydroxyl groups excluding tert-OH is 1. The summed E-state index contributed by atoms with van der Waals surface area (Å²) in [6.07, 6.45) is 0.993. The Hall–Kier alpha value is -2.42. The molecular formula is C20H16BrFN4OS. The lowest BCUT2D eigenvalue weighted by atomic mass is 10.2. The molecule has 0 spiro atoms. The number of thiazole rings is 1. The van der Waals surface area contributed by atoms with Crippen LogP contribution in [0.3, 0.4) is 0 Å². The van der Waals surface area contributed by atoms with Gasteiger partial charge in [-0.05, 0) is 43.3 Å². The number of rotatable bonds is 5. The van der Waals surface area contributed by atoms with Crippen LogP contribution in [0.5, 0.6) is 0 Å². The van der Waals surface area contributed by atoms with E-state index in [-0.39, 0.29) is 12.4 Å². The summed E-state index contributed by atoms with van der Waals surface area (Å²) < 4.78 is 15.7. The fourth-order valence-corrected chi connectivity index (χ4v) is 4.15. The molecule has 0 aliphatic carbocycles. The molecule has 28 heavy (non-hydrogen) atoms. The number of aromatic nitrogens is 4. The van der Waals surface area contributed by atoms with Gasteiger partial charge in [0.05, 0.1) is 23.3 Å². The highest BCUT2D eigenvalue weighted by atomic mass is 79.9. The Morgan fingerprint density at radius 3 is 2.50 bits per heavy atom. The molecular weight excluding hydrogens is 443 g/mol. The van der Waals surface area contributed by atoms with E-state index in [1.165, 1.54) is 23.5 Å². The first-order valence-electron chi connectivity index (χ1n) is 8.57. The standard InChI is InChI=1S/C20H16BrFN4OS/c1-12-19(28-20(23-12)14-2-6-15(21)7-3-14)18(27)11-26-10-17(24-25-26)13-4-8-16(22)9-5-13/h2-10,18,27H,11H2,1H3. The predicted octanol–water partition coefficient (Wildman–Crippen LogP) is 5.01. The topological polar surface area (TPSA) is 63.8 Å². The van der Waals surface area contributed by atoms with Gasteiger partial charge in [0.15, 0.2) is 0 Å². The van der Waals surface area contributed by atoms with E-state index in [0.29, 0.717) is 5.69 Å². The average Bonchev–Trinajstić information content (AvgIpc) is 3.30. The maximum Gasteiger partial charge on any atom is 0.123 e. The molecule has 0 saturated carbocycles. The molecule has 0 fully saturated rings. The third-order valence-electron chi connectivity index (χ3n) is 4.26. The Balaban J connectivity index is 1.52. The Kier molecular flexibility index (Phi) is 5.34. The van der Waals surface area contributed by atoms with Crippen molar-refractivity contribution in [3.8, 4) is 21.8 Å². The van der Waals surface area contributed by atoms with E-state index in [4.69, 9.17) is 0 Å². The van der Waals surface area contributed by atoms with Crippen LogP contribution in [-0.4, -0.2) is 25.1 Å². The number of benzene rings is 2. The highest BCUT2D eigenvalue weighted by molar-refractivity contribution is 9.10. The summed E-state index contributed by atoms with van der Waals surface area (Å²) in [7, 11) is 0. The van der Waals surface area contributed by atoms with Gasteiger partial charge in [-0.15, -0.1) is 16.4 Å². The van der Waals surface area contributed by atoms with E-state index in [0.717, 1.165) is 31.2 Å². The van der Waals surface area contributed by atoms with Crippen LogP contribution in [0.2, 0.25) is 0 Å². The first-order valence-corrected chi connectivity index (χ1v) is 10.2. The van der Waals surface area contributed by atoms with Gasteiger partial charge in [-0.2, -0.15) is 0 Å². The highest BCUT2D eigenvalue weighted by Gasteiger charge is 2.18. The fourth-order valence-electron chi connectivity index (χ4n) is 2.83. The van der Waals surface area contributed by atoms with Crippen LogP contribution >= 0.6 is 27.3 Å². The van der Waals surface area contributed by atoms with E-state index in [9.17, 15) is 9.50 Å². The molecule has 0 saturated heterocycles. The molecule has 4 aromatic rings. The van der Waals surface area contributed by atoms with Gasteiger partial charge in [-0.25, -0.2) is 14.1 Å². The molecule has 1 unspecified atom stereocenters. The summed E-state index contributed by atoms with van der Waals surface area (Å²) in [6.45, 7) is 2.15. The zero-order valence-corrected chi connectivity index (χ0v) is 17.3. The van der Waals surface area contributed by atoms with E-state index >= 15 is 0 Å². The second-order valence-corrected chi connectivity index (χ2v) is 8.27. The summed E-state index contributed by atoms with van der Waals surface area (Å²) in [5, 5.41) is 19.8. The van der Waals surface area contributed by atoms with Gasteiger partial charge in [0.1, 0.15) is 22.6 Å². The molecule has 0 radical (unpaired) electrons. The largest absolute Gasteiger partial charge is 0.386 e. The van der Waals surface area contributed by atoms with Gasteiger partial charge in [-0.1, -0.05) is 33.3 Å². The minimum Gasteiger partial charge on any atom is -0.386 e. The summed E-state index contributed by atoms with van der Waals surface area (Å²) >= 11 is 4.90. The molecule has 0 bridgehead atoms. The summed E-state index contributed by atoms with van der Waals surface area (Å²) in [5.41, 5.74) is 3.21. The van der Waals surface area contributed by atoms with Crippen molar-refractivity contribution < 1.29 is 9.50 Å². The van der Waals surface area contributed by atoms with Crippen LogP contribution in [0, 0.1) is 12.7 Å². The third kappa shape index (κ3) is 4.04. The molecule has 2 aromatic carbocycles. The molecule has 8 heteroatoms. The van der Waals surface area contributed by atoms with Crippen LogP contribution in [0.25, 0.3) is 21.8 Å². The first-order chi connectivity index (χ1) is 13.5. The highest BCUT2D eigenvalue weighted by Crippen LogP contribution is 2.33. The van der Waals surface area contributed by atoms with Gasteiger partial charge >= 0.3 is 0 Å². The summed E-state index contributed by atoms with van der Waals surface area (Å²) in [4.78, 5) is 5.40. The number of hydrogen-bond acceptors (Lipinski definition) is 5. The number of aliphatic hydroxyl groups is 1. The van der Waals surface area contributed by atoms with E-state index in [1.54, 1.807) is 23.0 Å². The molecule has 0 aliphatic heterocycles. The van der Waals surface area contributed by atoms with Crippen molar-refractivity contribution in [2.24, 2.45) is 0 Å². The molecule has 2 heterocycles. The average molecular weight is 459 g/mol. The third-order valence-corrected chi connectivity index (χ3v) is 6.10. The number of halogens is 2. The van der Waals surface area contributed by atoms with Crippen LogP contribution in [0.15, 0.2) is 59.2 Å². The normalized spacial score (nSPS) is 12.3. The van der Waals surface area contributed by atoms with Crippen molar-refractivity contribution in [2.75, 3.05) is 0 Å². The van der Waals surface area contributed by atoms with Crippen molar-refractivity contribution in [2.45, 2.75) is 19.6 Å². The van der Waals surface area contributed by atoms with Crippen LogP contribution in [0.4, 0.5) is 4.39 Å². The Morgan fingerprint density at radius 1 is 1.11 bits per heavy atom. The summed E-state index contributed by atoms with van der Waals surface area (Å²) in [5.74, 6) is -0.297. The lowest BCUT2D eigenvalue weighted by Crippen LogP contribution is -2.09. The molecule has 142 valence electrons. The zero-order chi connectivity index (χ0) is 19.7. The number of hydrogen-bond donors (Lipinski definition) is 1. The van der Waals surface area contributed by atoms with Gasteiger partial charge in [-0.3, -0.25) is 0 Å². The van der Waals surface area contributed by atoms with Crippen LogP contribution in [-0.2, 0) is 6.54 Å². The fraction of sp³-hybridized carbons (Fsp3) is 0.150. The van der Waals surface area contributed by atoms with Crippen molar-refractivity contribution in [3.63, 3.8) is 0 Å². The Morgan fingerprint density at radius 2 is 1.79 bits per heavy atom. The SMILES string of the molecule is Cc1nc(-c2ccc(Br)cc2)sc1C(O)Cn1cc(-c2ccc(F)cc2)nn1. The first kappa shape index (κ1) is 18.9. The maximum absolute atomic E-state index is 13.1. The molecule has 5 nitrogen and oxygen atoms in total. The molecule has 2 aromatic heterocycles. The van der Waals surface area contributed by atoms with E-state index in [2.05, 4.69) is 31.2 Å². The lowest BCUT2D eigenvalue weighted by molar-refractivity contribution is 0.153. The zero-order valence-electron chi connectivity index (χ0n) is 14.9. The second-order valence-electron chi connectivity index (χ2n) is 6.32. The Bertz CT molecular complexity index is 1090. The molecule has 0 aliphatic rings. The number of nitrogens with zero attached hydrogens (tertiary/aromatic N) is 4. The number of aryl methyl sites for hydroxylation is 1. The van der Waals surface area contributed by atoms with Crippen molar-refractivity contribution in [1.29, 1.82) is 0 Å². The van der Waals surface area contributed by atoms with E-state index < -0.39 is 6.10 Å². The second kappa shape index (κ2) is 7.90. The van der Waals surface area contributed by atoms with Crippen molar-refractivity contribution in [1.82, 2.24) is 20.0 Å². The molecule has 1 N–H and O–H groups in total. The van der Waals surface area contributed by atoms with Crippen LogP contribution in [0.1, 0.15) is 16.7 Å². The van der Waals surface area contributed by atoms with Crippen molar-refractivity contribution >= 4 is 27.3 Å². The quantitative estimate of drug-likeness (QED) is 0.456.